The highest BCUT2D eigenvalue weighted by molar-refractivity contribution is 7.11. The molecule has 2 rings (SSSR count). The highest BCUT2D eigenvalue weighted by atomic mass is 32.1. The van der Waals surface area contributed by atoms with E-state index in [4.69, 9.17) is 0 Å². The molecular formula is C16H26N2O2S. The molecule has 3 N–H and O–H groups in total. The first-order valence-electron chi connectivity index (χ1n) is 7.66. The standard InChI is InChI=1S/C16H26N2O2S/c1-11(9-13-7-6-12(2)21-13)17-15(20)18-14-5-4-8-16(14,3)10-19/h6-7,11,14,19H,4-5,8-10H2,1-3H3,(H2,17,18,20). The minimum atomic E-state index is -0.175. The Bertz CT molecular complexity index is 488. The van der Waals surface area contributed by atoms with E-state index in [1.54, 1.807) is 11.3 Å². The van der Waals surface area contributed by atoms with Crippen molar-refractivity contribution >= 4 is 17.4 Å². The predicted molar refractivity (Wildman–Crippen MR) is 86.7 cm³/mol. The molecule has 21 heavy (non-hydrogen) atoms. The summed E-state index contributed by atoms with van der Waals surface area (Å²) in [6.45, 7) is 6.29. The van der Waals surface area contributed by atoms with Gasteiger partial charge >= 0.3 is 6.03 Å². The molecule has 1 saturated carbocycles. The van der Waals surface area contributed by atoms with Crippen molar-refractivity contribution in [1.82, 2.24) is 10.6 Å². The molecule has 2 amide bonds. The van der Waals surface area contributed by atoms with Crippen LogP contribution in [0.5, 0.6) is 0 Å². The zero-order chi connectivity index (χ0) is 15.5. The largest absolute Gasteiger partial charge is 0.396 e. The maximum Gasteiger partial charge on any atom is 0.315 e. The molecule has 0 aliphatic heterocycles. The minimum Gasteiger partial charge on any atom is -0.396 e. The minimum absolute atomic E-state index is 0.0682. The van der Waals surface area contributed by atoms with Gasteiger partial charge in [0.15, 0.2) is 0 Å². The fourth-order valence-electron chi connectivity index (χ4n) is 3.04. The third kappa shape index (κ3) is 4.20. The number of aryl methyl sites for hydroxylation is 1. The molecule has 1 aliphatic carbocycles. The van der Waals surface area contributed by atoms with E-state index in [1.165, 1.54) is 9.75 Å². The van der Waals surface area contributed by atoms with E-state index in [9.17, 15) is 9.90 Å². The van der Waals surface area contributed by atoms with Crippen molar-refractivity contribution in [1.29, 1.82) is 0 Å². The van der Waals surface area contributed by atoms with Gasteiger partial charge in [0.25, 0.3) is 0 Å². The number of nitrogens with one attached hydrogen (secondary N) is 2. The smallest absolute Gasteiger partial charge is 0.315 e. The van der Waals surface area contributed by atoms with Crippen LogP contribution in [-0.4, -0.2) is 29.8 Å². The summed E-state index contributed by atoms with van der Waals surface area (Å²) in [5, 5.41) is 15.6. The number of rotatable bonds is 5. The lowest BCUT2D eigenvalue weighted by molar-refractivity contribution is 0.121. The maximum atomic E-state index is 12.1. The first-order chi connectivity index (χ1) is 9.93. The van der Waals surface area contributed by atoms with Crippen molar-refractivity contribution < 1.29 is 9.90 Å². The molecule has 0 radical (unpaired) electrons. The van der Waals surface area contributed by atoms with Gasteiger partial charge in [-0.25, -0.2) is 4.79 Å². The van der Waals surface area contributed by atoms with Crippen LogP contribution in [0.15, 0.2) is 12.1 Å². The Balaban J connectivity index is 1.81. The number of urea groups is 1. The van der Waals surface area contributed by atoms with E-state index in [-0.39, 0.29) is 30.1 Å². The quantitative estimate of drug-likeness (QED) is 0.783. The average molecular weight is 310 g/mol. The van der Waals surface area contributed by atoms with E-state index in [2.05, 4.69) is 29.7 Å². The Kier molecular flexibility index (Phi) is 5.27. The molecule has 1 fully saturated rings. The van der Waals surface area contributed by atoms with Crippen molar-refractivity contribution in [2.75, 3.05) is 6.61 Å². The van der Waals surface area contributed by atoms with Crippen LogP contribution in [0.25, 0.3) is 0 Å². The SMILES string of the molecule is Cc1ccc(CC(C)NC(=O)NC2CCCC2(C)CO)s1. The summed E-state index contributed by atoms with van der Waals surface area (Å²) in [4.78, 5) is 14.7. The zero-order valence-electron chi connectivity index (χ0n) is 13.1. The van der Waals surface area contributed by atoms with Gasteiger partial charge in [-0.3, -0.25) is 0 Å². The van der Waals surface area contributed by atoms with Crippen molar-refractivity contribution in [3.8, 4) is 0 Å². The summed E-state index contributed by atoms with van der Waals surface area (Å²) < 4.78 is 0. The van der Waals surface area contributed by atoms with Crippen molar-refractivity contribution in [2.24, 2.45) is 5.41 Å². The molecule has 1 aromatic heterocycles. The molecule has 0 spiro atoms. The van der Waals surface area contributed by atoms with Crippen LogP contribution in [-0.2, 0) is 6.42 Å². The van der Waals surface area contributed by atoms with E-state index < -0.39 is 0 Å². The fourth-order valence-corrected chi connectivity index (χ4v) is 4.06. The first kappa shape index (κ1) is 16.3. The van der Waals surface area contributed by atoms with Crippen molar-refractivity contribution in [2.45, 2.75) is 58.5 Å². The van der Waals surface area contributed by atoms with Crippen LogP contribution in [0.4, 0.5) is 4.79 Å². The second-order valence-corrected chi connectivity index (χ2v) is 7.86. The van der Waals surface area contributed by atoms with E-state index in [0.29, 0.717) is 0 Å². The lowest BCUT2D eigenvalue weighted by atomic mass is 9.86. The molecule has 0 saturated heterocycles. The predicted octanol–water partition coefficient (Wildman–Crippen LogP) is 2.84. The number of amides is 2. The number of carbonyl (C=O) groups excluding carboxylic acids is 1. The van der Waals surface area contributed by atoms with Gasteiger partial charge in [0.1, 0.15) is 0 Å². The highest BCUT2D eigenvalue weighted by Gasteiger charge is 2.39. The van der Waals surface area contributed by atoms with Gasteiger partial charge < -0.3 is 15.7 Å². The highest BCUT2D eigenvalue weighted by Crippen LogP contribution is 2.37. The number of thiophene rings is 1. The molecule has 5 heteroatoms. The second-order valence-electron chi connectivity index (χ2n) is 6.49. The monoisotopic (exact) mass is 310 g/mol. The number of aliphatic hydroxyl groups is 1. The molecule has 3 atom stereocenters. The molecule has 3 unspecified atom stereocenters. The van der Waals surface area contributed by atoms with Crippen LogP contribution in [0.3, 0.4) is 0 Å². The molecule has 1 aromatic rings. The van der Waals surface area contributed by atoms with Gasteiger partial charge in [0.05, 0.1) is 6.61 Å². The third-order valence-corrected chi connectivity index (χ3v) is 5.45. The summed E-state index contributed by atoms with van der Waals surface area (Å²) in [7, 11) is 0. The summed E-state index contributed by atoms with van der Waals surface area (Å²) in [5.41, 5.74) is -0.175. The first-order valence-corrected chi connectivity index (χ1v) is 8.48. The molecule has 1 heterocycles. The molecule has 0 aromatic carbocycles. The van der Waals surface area contributed by atoms with Crippen LogP contribution in [0, 0.1) is 12.3 Å². The summed E-state index contributed by atoms with van der Waals surface area (Å²) >= 11 is 1.77. The Hall–Kier alpha value is -1.07. The molecular weight excluding hydrogens is 284 g/mol. The van der Waals surface area contributed by atoms with E-state index in [1.807, 2.05) is 13.8 Å². The van der Waals surface area contributed by atoms with Gasteiger partial charge in [-0.05, 0) is 38.8 Å². The lowest BCUT2D eigenvalue weighted by Crippen LogP contribution is -2.50. The molecule has 118 valence electrons. The number of aliphatic hydroxyl groups excluding tert-OH is 1. The number of hydrogen-bond acceptors (Lipinski definition) is 3. The maximum absolute atomic E-state index is 12.1. The lowest BCUT2D eigenvalue weighted by Gasteiger charge is -2.30. The Morgan fingerprint density at radius 2 is 2.33 bits per heavy atom. The van der Waals surface area contributed by atoms with Crippen LogP contribution in [0.2, 0.25) is 0 Å². The Morgan fingerprint density at radius 3 is 2.95 bits per heavy atom. The molecule has 1 aliphatic rings. The van der Waals surface area contributed by atoms with Gasteiger partial charge in [-0.15, -0.1) is 11.3 Å². The van der Waals surface area contributed by atoms with Crippen LogP contribution in [0.1, 0.15) is 42.9 Å². The van der Waals surface area contributed by atoms with Crippen molar-refractivity contribution in [3.63, 3.8) is 0 Å². The van der Waals surface area contributed by atoms with E-state index in [0.717, 1.165) is 25.7 Å². The second kappa shape index (κ2) is 6.79. The fraction of sp³-hybridized carbons (Fsp3) is 0.688. The van der Waals surface area contributed by atoms with Crippen LogP contribution < -0.4 is 10.6 Å². The normalized spacial score (nSPS) is 26.6. The van der Waals surface area contributed by atoms with Gasteiger partial charge in [0, 0.05) is 33.7 Å². The van der Waals surface area contributed by atoms with Gasteiger partial charge in [0.2, 0.25) is 0 Å². The van der Waals surface area contributed by atoms with Gasteiger partial charge in [-0.1, -0.05) is 13.3 Å². The molecule has 0 bridgehead atoms. The summed E-state index contributed by atoms with van der Waals surface area (Å²) in [5.74, 6) is 0. The molecule has 4 nitrogen and oxygen atoms in total. The average Bonchev–Trinajstić information content (AvgIpc) is 2.97. The Labute approximate surface area is 131 Å². The van der Waals surface area contributed by atoms with Crippen LogP contribution >= 0.6 is 11.3 Å². The summed E-state index contributed by atoms with van der Waals surface area (Å²) in [6, 6.07) is 4.28. The number of hydrogen-bond donors (Lipinski definition) is 3. The van der Waals surface area contributed by atoms with E-state index >= 15 is 0 Å². The zero-order valence-corrected chi connectivity index (χ0v) is 13.9. The van der Waals surface area contributed by atoms with Gasteiger partial charge in [-0.2, -0.15) is 0 Å². The van der Waals surface area contributed by atoms with Crippen molar-refractivity contribution in [3.05, 3.63) is 21.9 Å². The topological polar surface area (TPSA) is 61.4 Å². The summed E-state index contributed by atoms with van der Waals surface area (Å²) in [6.07, 6.45) is 3.83. The third-order valence-electron chi connectivity index (χ3n) is 4.43. The number of carbonyl (C=O) groups is 1. The Morgan fingerprint density at radius 1 is 1.57 bits per heavy atom.